The minimum absolute atomic E-state index is 0.0416. The van der Waals surface area contributed by atoms with Gasteiger partial charge in [-0.1, -0.05) is 0 Å². The molecule has 6 nitrogen and oxygen atoms in total. The summed E-state index contributed by atoms with van der Waals surface area (Å²) in [7, 11) is 1.86. The number of nitriles is 2. The highest BCUT2D eigenvalue weighted by Gasteiger charge is 2.14. The van der Waals surface area contributed by atoms with Crippen molar-refractivity contribution in [1.29, 1.82) is 10.5 Å². The van der Waals surface area contributed by atoms with E-state index in [9.17, 15) is 4.79 Å². The van der Waals surface area contributed by atoms with Crippen molar-refractivity contribution in [1.82, 2.24) is 9.80 Å². The summed E-state index contributed by atoms with van der Waals surface area (Å²) in [6.07, 6.45) is 1.44. The number of carbonyl (C=O) groups is 1. The third kappa shape index (κ3) is 7.61. The van der Waals surface area contributed by atoms with Crippen LogP contribution in [0.5, 0.6) is 0 Å². The zero-order valence-electron chi connectivity index (χ0n) is 10.9. The molecule has 18 heavy (non-hydrogen) atoms. The topological polar surface area (TPSA) is 97.2 Å². The van der Waals surface area contributed by atoms with Crippen LogP contribution < -0.4 is 5.73 Å². The fourth-order valence-corrected chi connectivity index (χ4v) is 1.50. The van der Waals surface area contributed by atoms with Crippen molar-refractivity contribution >= 4 is 5.91 Å². The van der Waals surface area contributed by atoms with Crippen molar-refractivity contribution < 1.29 is 4.79 Å². The molecule has 0 aromatic rings. The average molecular weight is 251 g/mol. The molecule has 0 bridgehead atoms. The van der Waals surface area contributed by atoms with E-state index in [1.165, 1.54) is 0 Å². The Kier molecular flexibility index (Phi) is 9.57. The lowest BCUT2D eigenvalue weighted by Gasteiger charge is -2.24. The van der Waals surface area contributed by atoms with Gasteiger partial charge in [0.15, 0.2) is 0 Å². The lowest BCUT2D eigenvalue weighted by atomic mass is 10.3. The first-order chi connectivity index (χ1) is 8.65. The Balaban J connectivity index is 4.19. The first-order valence-electron chi connectivity index (χ1n) is 6.06. The Morgan fingerprint density at radius 2 is 1.72 bits per heavy atom. The maximum atomic E-state index is 12.0. The van der Waals surface area contributed by atoms with Crippen LogP contribution in [-0.4, -0.2) is 55.5 Å². The number of hydrogen-bond donors (Lipinski definition) is 1. The van der Waals surface area contributed by atoms with Crippen LogP contribution in [0.4, 0.5) is 0 Å². The summed E-state index contributed by atoms with van der Waals surface area (Å²) >= 11 is 0. The second kappa shape index (κ2) is 10.5. The fraction of sp³-hybridized carbons (Fsp3) is 0.750. The van der Waals surface area contributed by atoms with Crippen molar-refractivity contribution in [3.8, 4) is 12.1 Å². The lowest BCUT2D eigenvalue weighted by Crippen LogP contribution is -2.40. The smallest absolute Gasteiger partial charge is 0.236 e. The third-order valence-corrected chi connectivity index (χ3v) is 2.49. The molecule has 0 saturated heterocycles. The molecule has 1 amide bonds. The van der Waals surface area contributed by atoms with Crippen molar-refractivity contribution in [3.63, 3.8) is 0 Å². The van der Waals surface area contributed by atoms with Crippen LogP contribution in [0.2, 0.25) is 0 Å². The predicted molar refractivity (Wildman–Crippen MR) is 68.2 cm³/mol. The molecule has 0 radical (unpaired) electrons. The first-order valence-corrected chi connectivity index (χ1v) is 6.06. The zero-order chi connectivity index (χ0) is 13.8. The Morgan fingerprint density at radius 3 is 2.17 bits per heavy atom. The van der Waals surface area contributed by atoms with Gasteiger partial charge in [-0.25, -0.2) is 0 Å². The molecule has 0 aliphatic carbocycles. The normalized spacial score (nSPS) is 9.83. The first kappa shape index (κ1) is 16.4. The highest BCUT2D eigenvalue weighted by Crippen LogP contribution is 1.97. The number of rotatable bonds is 9. The SMILES string of the molecule is CN(CCCN)CC(=O)N(CCC#N)CCC#N. The van der Waals surface area contributed by atoms with Crippen LogP contribution in [0.3, 0.4) is 0 Å². The standard InChI is InChI=1S/C12H21N5O/c1-16(8-2-5-13)11-12(18)17(9-3-6-14)10-4-7-15/h2-5,8-11,13H2,1H3. The van der Waals surface area contributed by atoms with E-state index in [0.29, 0.717) is 39.0 Å². The van der Waals surface area contributed by atoms with Crippen LogP contribution in [-0.2, 0) is 4.79 Å². The van der Waals surface area contributed by atoms with Gasteiger partial charge in [-0.05, 0) is 26.6 Å². The minimum Gasteiger partial charge on any atom is -0.340 e. The molecule has 0 atom stereocenters. The monoisotopic (exact) mass is 251 g/mol. The molecule has 0 aliphatic heterocycles. The molecular formula is C12H21N5O. The molecule has 0 unspecified atom stereocenters. The van der Waals surface area contributed by atoms with E-state index < -0.39 is 0 Å². The molecule has 0 saturated carbocycles. The number of hydrogen-bond acceptors (Lipinski definition) is 5. The highest BCUT2D eigenvalue weighted by atomic mass is 16.2. The van der Waals surface area contributed by atoms with Crippen molar-refractivity contribution in [3.05, 3.63) is 0 Å². The summed E-state index contributed by atoms with van der Waals surface area (Å²) in [5.74, 6) is -0.0416. The Bertz CT molecular complexity index is 299. The zero-order valence-corrected chi connectivity index (χ0v) is 10.9. The Hall–Kier alpha value is -1.63. The van der Waals surface area contributed by atoms with Gasteiger partial charge in [-0.15, -0.1) is 0 Å². The van der Waals surface area contributed by atoms with Crippen LogP contribution in [0, 0.1) is 22.7 Å². The molecule has 2 N–H and O–H groups in total. The summed E-state index contributed by atoms with van der Waals surface area (Å²) < 4.78 is 0. The minimum atomic E-state index is -0.0416. The Labute approximate surface area is 109 Å². The van der Waals surface area contributed by atoms with Crippen molar-refractivity contribution in [2.24, 2.45) is 5.73 Å². The highest BCUT2D eigenvalue weighted by molar-refractivity contribution is 5.78. The molecule has 0 aliphatic rings. The maximum absolute atomic E-state index is 12.0. The molecule has 0 heterocycles. The summed E-state index contributed by atoms with van der Waals surface area (Å²) in [6, 6.07) is 4.02. The molecule has 6 heteroatoms. The molecular weight excluding hydrogens is 230 g/mol. The van der Waals surface area contributed by atoms with Crippen LogP contribution >= 0.6 is 0 Å². The summed E-state index contributed by atoms with van der Waals surface area (Å²) in [5, 5.41) is 17.1. The predicted octanol–water partition coefficient (Wildman–Crippen LogP) is -0.0770. The molecule has 0 fully saturated rings. The van der Waals surface area contributed by atoms with Crippen LogP contribution in [0.15, 0.2) is 0 Å². The van der Waals surface area contributed by atoms with E-state index in [0.717, 1.165) is 13.0 Å². The second-order valence-corrected chi connectivity index (χ2v) is 4.08. The van der Waals surface area contributed by atoms with E-state index in [2.05, 4.69) is 0 Å². The molecule has 0 rings (SSSR count). The van der Waals surface area contributed by atoms with Gasteiger partial charge in [-0.2, -0.15) is 10.5 Å². The Morgan fingerprint density at radius 1 is 1.17 bits per heavy atom. The number of nitrogens with two attached hydrogens (primary N) is 1. The second-order valence-electron chi connectivity index (χ2n) is 4.08. The quantitative estimate of drug-likeness (QED) is 0.618. The number of nitrogens with zero attached hydrogens (tertiary/aromatic N) is 4. The van der Waals surface area contributed by atoms with Crippen LogP contribution in [0.25, 0.3) is 0 Å². The van der Waals surface area contributed by atoms with E-state index in [-0.39, 0.29) is 5.91 Å². The molecule has 0 aromatic heterocycles. The van der Waals surface area contributed by atoms with Gasteiger partial charge in [-0.3, -0.25) is 9.69 Å². The van der Waals surface area contributed by atoms with Gasteiger partial charge >= 0.3 is 0 Å². The molecule has 0 aromatic carbocycles. The van der Waals surface area contributed by atoms with E-state index >= 15 is 0 Å². The summed E-state index contributed by atoms with van der Waals surface area (Å²) in [5.41, 5.74) is 5.40. The summed E-state index contributed by atoms with van der Waals surface area (Å²) in [6.45, 7) is 2.46. The van der Waals surface area contributed by atoms with Gasteiger partial charge in [0.25, 0.3) is 0 Å². The average Bonchev–Trinajstić information content (AvgIpc) is 2.36. The van der Waals surface area contributed by atoms with Crippen molar-refractivity contribution in [2.75, 3.05) is 39.8 Å². The number of likely N-dealkylation sites (N-methyl/N-ethyl adjacent to an activating group) is 1. The fourth-order valence-electron chi connectivity index (χ4n) is 1.50. The molecule has 100 valence electrons. The van der Waals surface area contributed by atoms with E-state index in [4.69, 9.17) is 16.3 Å². The van der Waals surface area contributed by atoms with Gasteiger partial charge in [0, 0.05) is 13.1 Å². The third-order valence-electron chi connectivity index (χ3n) is 2.49. The van der Waals surface area contributed by atoms with E-state index in [1.807, 2.05) is 24.1 Å². The largest absolute Gasteiger partial charge is 0.340 e. The molecule has 0 spiro atoms. The van der Waals surface area contributed by atoms with Crippen LogP contribution in [0.1, 0.15) is 19.3 Å². The lowest BCUT2D eigenvalue weighted by molar-refractivity contribution is -0.132. The van der Waals surface area contributed by atoms with Gasteiger partial charge in [0.05, 0.1) is 31.5 Å². The van der Waals surface area contributed by atoms with E-state index in [1.54, 1.807) is 4.90 Å². The van der Waals surface area contributed by atoms with Gasteiger partial charge in [0.1, 0.15) is 0 Å². The van der Waals surface area contributed by atoms with Gasteiger partial charge in [0.2, 0.25) is 5.91 Å². The number of amides is 1. The maximum Gasteiger partial charge on any atom is 0.236 e. The summed E-state index contributed by atoms with van der Waals surface area (Å²) in [4.78, 5) is 15.4. The number of carbonyl (C=O) groups excluding carboxylic acids is 1. The van der Waals surface area contributed by atoms with Crippen molar-refractivity contribution in [2.45, 2.75) is 19.3 Å². The van der Waals surface area contributed by atoms with Gasteiger partial charge < -0.3 is 10.6 Å².